The number of ether oxygens (including phenoxy) is 1. The Morgan fingerprint density at radius 3 is 1.74 bits per heavy atom. The lowest BCUT2D eigenvalue weighted by molar-refractivity contribution is -0.158. The molecule has 5 heteroatoms. The van der Waals surface area contributed by atoms with Gasteiger partial charge in [0.2, 0.25) is 0 Å². The van der Waals surface area contributed by atoms with Gasteiger partial charge in [0, 0.05) is 6.42 Å². The van der Waals surface area contributed by atoms with Crippen molar-refractivity contribution in [1.82, 2.24) is 0 Å². The summed E-state index contributed by atoms with van der Waals surface area (Å²) in [6.45, 7) is 12.2. The standard InChI is InChI=1S/C38H66O5/c1-7-8-9-10-11-12-13-14-15-16-17-18-19-20-24-27-35(39)43-31(3)33(37(41)42)26-23-21-22-25-32-28-30(2)36(40)34(29-32)38(4,5)6/h28-29,31,33,40H,7-27H2,1-6H3,(H,41,42). The van der Waals surface area contributed by atoms with Crippen molar-refractivity contribution in [2.24, 2.45) is 5.92 Å². The number of rotatable bonds is 25. The zero-order valence-electron chi connectivity index (χ0n) is 28.8. The van der Waals surface area contributed by atoms with E-state index in [0.29, 0.717) is 18.6 Å². The summed E-state index contributed by atoms with van der Waals surface area (Å²) >= 11 is 0. The average molecular weight is 603 g/mol. The molecule has 0 saturated heterocycles. The normalized spacial score (nSPS) is 13.2. The summed E-state index contributed by atoms with van der Waals surface area (Å²) in [5.41, 5.74) is 2.94. The van der Waals surface area contributed by atoms with Crippen LogP contribution in [0.4, 0.5) is 0 Å². The van der Waals surface area contributed by atoms with E-state index in [1.165, 1.54) is 82.6 Å². The zero-order chi connectivity index (χ0) is 32.1. The van der Waals surface area contributed by atoms with Crippen LogP contribution in [0.25, 0.3) is 0 Å². The van der Waals surface area contributed by atoms with E-state index >= 15 is 0 Å². The van der Waals surface area contributed by atoms with Gasteiger partial charge in [-0.05, 0) is 61.6 Å². The van der Waals surface area contributed by atoms with Gasteiger partial charge in [-0.1, -0.05) is 143 Å². The molecule has 0 heterocycles. The number of phenols is 1. The summed E-state index contributed by atoms with van der Waals surface area (Å²) in [6.07, 6.45) is 23.0. The van der Waals surface area contributed by atoms with Crippen LogP contribution in [0.15, 0.2) is 12.1 Å². The molecule has 0 aromatic heterocycles. The third kappa shape index (κ3) is 17.7. The van der Waals surface area contributed by atoms with Crippen LogP contribution in [0.2, 0.25) is 0 Å². The second-order valence-corrected chi connectivity index (χ2v) is 14.0. The van der Waals surface area contributed by atoms with E-state index in [1.54, 1.807) is 6.92 Å². The third-order valence-electron chi connectivity index (χ3n) is 8.83. The van der Waals surface area contributed by atoms with Gasteiger partial charge in [0.05, 0.1) is 5.92 Å². The fraction of sp³-hybridized carbons (Fsp3) is 0.789. The van der Waals surface area contributed by atoms with E-state index in [9.17, 15) is 19.8 Å². The highest BCUT2D eigenvalue weighted by Gasteiger charge is 2.27. The van der Waals surface area contributed by atoms with Gasteiger partial charge in [0.25, 0.3) is 0 Å². The molecular weight excluding hydrogens is 536 g/mol. The highest BCUT2D eigenvalue weighted by atomic mass is 16.5. The van der Waals surface area contributed by atoms with Gasteiger partial charge in [-0.25, -0.2) is 0 Å². The number of carbonyl (C=O) groups excluding carboxylic acids is 1. The fourth-order valence-corrected chi connectivity index (χ4v) is 5.99. The summed E-state index contributed by atoms with van der Waals surface area (Å²) in [4.78, 5) is 24.3. The van der Waals surface area contributed by atoms with E-state index in [0.717, 1.165) is 56.1 Å². The van der Waals surface area contributed by atoms with Crippen LogP contribution >= 0.6 is 0 Å². The SMILES string of the molecule is CCCCCCCCCCCCCCCCCC(=O)OC(C)C(CCCCCc1cc(C)c(O)c(C(C)(C)C)c1)C(=O)O. The topological polar surface area (TPSA) is 83.8 Å². The molecule has 0 aliphatic rings. The van der Waals surface area contributed by atoms with Gasteiger partial charge in [0.1, 0.15) is 11.9 Å². The first kappa shape index (κ1) is 39.0. The zero-order valence-corrected chi connectivity index (χ0v) is 28.8. The fourth-order valence-electron chi connectivity index (χ4n) is 5.99. The molecule has 2 atom stereocenters. The Hall–Kier alpha value is -2.04. The Morgan fingerprint density at radius 1 is 0.767 bits per heavy atom. The molecule has 5 nitrogen and oxygen atoms in total. The van der Waals surface area contributed by atoms with Gasteiger partial charge >= 0.3 is 11.9 Å². The van der Waals surface area contributed by atoms with Crippen molar-refractivity contribution in [1.29, 1.82) is 0 Å². The maximum absolute atomic E-state index is 12.4. The molecule has 0 radical (unpaired) electrons. The minimum atomic E-state index is -0.892. The van der Waals surface area contributed by atoms with E-state index in [2.05, 4.69) is 33.8 Å². The first-order valence-electron chi connectivity index (χ1n) is 17.7. The highest BCUT2D eigenvalue weighted by molar-refractivity contribution is 5.73. The lowest BCUT2D eigenvalue weighted by atomic mass is 9.83. The number of aliphatic carboxylic acids is 1. The summed E-state index contributed by atoms with van der Waals surface area (Å²) in [7, 11) is 0. The van der Waals surface area contributed by atoms with Gasteiger partial charge in [-0.3, -0.25) is 9.59 Å². The molecule has 0 fully saturated rings. The molecule has 0 spiro atoms. The molecule has 43 heavy (non-hydrogen) atoms. The van der Waals surface area contributed by atoms with Crippen molar-refractivity contribution in [3.8, 4) is 5.75 Å². The Kier molecular flexibility index (Phi) is 20.4. The number of phenolic OH excluding ortho intramolecular Hbond substituents is 1. The molecular formula is C38H66O5. The number of carbonyl (C=O) groups is 2. The Balaban J connectivity index is 2.17. The van der Waals surface area contributed by atoms with Crippen molar-refractivity contribution in [3.05, 3.63) is 28.8 Å². The van der Waals surface area contributed by atoms with E-state index in [1.807, 2.05) is 13.0 Å². The van der Waals surface area contributed by atoms with Gasteiger partial charge in [0.15, 0.2) is 0 Å². The summed E-state index contributed by atoms with van der Waals surface area (Å²) in [6, 6.07) is 4.15. The Morgan fingerprint density at radius 2 is 1.26 bits per heavy atom. The number of hydrogen-bond donors (Lipinski definition) is 2. The second-order valence-electron chi connectivity index (χ2n) is 14.0. The number of benzene rings is 1. The molecule has 0 saturated carbocycles. The first-order valence-corrected chi connectivity index (χ1v) is 17.7. The predicted octanol–water partition coefficient (Wildman–Crippen LogP) is 11.0. The quantitative estimate of drug-likeness (QED) is 0.0859. The molecule has 2 N–H and O–H groups in total. The molecule has 0 amide bonds. The van der Waals surface area contributed by atoms with Crippen LogP contribution in [0.3, 0.4) is 0 Å². The molecule has 0 aliphatic heterocycles. The van der Waals surface area contributed by atoms with Gasteiger partial charge in [-0.15, -0.1) is 0 Å². The Labute approximate surface area is 264 Å². The molecule has 2 unspecified atom stereocenters. The maximum Gasteiger partial charge on any atom is 0.310 e. The molecule has 1 rings (SSSR count). The highest BCUT2D eigenvalue weighted by Crippen LogP contribution is 2.34. The van der Waals surface area contributed by atoms with Crippen molar-refractivity contribution in [2.45, 2.75) is 188 Å². The summed E-state index contributed by atoms with van der Waals surface area (Å²) in [5, 5.41) is 20.2. The van der Waals surface area contributed by atoms with Crippen LogP contribution < -0.4 is 0 Å². The van der Waals surface area contributed by atoms with E-state index < -0.39 is 18.0 Å². The third-order valence-corrected chi connectivity index (χ3v) is 8.83. The maximum atomic E-state index is 12.4. The van der Waals surface area contributed by atoms with Crippen molar-refractivity contribution in [3.63, 3.8) is 0 Å². The van der Waals surface area contributed by atoms with Crippen molar-refractivity contribution >= 4 is 11.9 Å². The Bertz CT molecular complexity index is 900. The minimum absolute atomic E-state index is 0.126. The molecule has 1 aromatic rings. The molecule has 248 valence electrons. The number of unbranched alkanes of at least 4 members (excludes halogenated alkanes) is 16. The summed E-state index contributed by atoms with van der Waals surface area (Å²) < 4.78 is 5.55. The molecule has 1 aromatic carbocycles. The van der Waals surface area contributed by atoms with Crippen molar-refractivity contribution < 1.29 is 24.5 Å². The van der Waals surface area contributed by atoms with Gasteiger partial charge in [-0.2, -0.15) is 0 Å². The number of esters is 1. The monoisotopic (exact) mass is 602 g/mol. The first-order chi connectivity index (χ1) is 20.5. The number of hydrogen-bond acceptors (Lipinski definition) is 4. The predicted molar refractivity (Wildman–Crippen MR) is 180 cm³/mol. The number of carboxylic acids is 1. The van der Waals surface area contributed by atoms with E-state index in [4.69, 9.17) is 4.74 Å². The lowest BCUT2D eigenvalue weighted by Gasteiger charge is -2.23. The lowest BCUT2D eigenvalue weighted by Crippen LogP contribution is -2.30. The van der Waals surface area contributed by atoms with Crippen LogP contribution in [0.1, 0.15) is 180 Å². The average Bonchev–Trinajstić information content (AvgIpc) is 2.93. The van der Waals surface area contributed by atoms with Crippen LogP contribution in [0.5, 0.6) is 5.75 Å². The minimum Gasteiger partial charge on any atom is -0.507 e. The van der Waals surface area contributed by atoms with Crippen LogP contribution in [-0.4, -0.2) is 28.3 Å². The molecule has 0 aliphatic carbocycles. The van der Waals surface area contributed by atoms with Crippen LogP contribution in [-0.2, 0) is 26.2 Å². The van der Waals surface area contributed by atoms with Crippen LogP contribution in [0, 0.1) is 12.8 Å². The smallest absolute Gasteiger partial charge is 0.310 e. The number of aryl methyl sites for hydroxylation is 2. The number of carboxylic acid groups (broad SMARTS) is 1. The number of aromatic hydroxyl groups is 1. The summed E-state index contributed by atoms with van der Waals surface area (Å²) in [5.74, 6) is -1.46. The largest absolute Gasteiger partial charge is 0.507 e. The van der Waals surface area contributed by atoms with Gasteiger partial charge < -0.3 is 14.9 Å². The van der Waals surface area contributed by atoms with E-state index in [-0.39, 0.29) is 11.4 Å². The second kappa shape index (κ2) is 22.5. The van der Waals surface area contributed by atoms with Crippen molar-refractivity contribution in [2.75, 3.05) is 0 Å². The molecule has 0 bridgehead atoms.